The number of carbonyl (C=O) groups is 1. The number of nitrogens with zero attached hydrogens (tertiary/aromatic N) is 4. The number of pyridine rings is 2. The summed E-state index contributed by atoms with van der Waals surface area (Å²) in [4.78, 5) is 33.2. The molecule has 0 aliphatic heterocycles. The fourth-order valence-electron chi connectivity index (χ4n) is 2.63. The Morgan fingerprint density at radius 1 is 1.33 bits per heavy atom. The molecule has 3 heterocycles. The summed E-state index contributed by atoms with van der Waals surface area (Å²) in [5.74, 6) is -0.209. The van der Waals surface area contributed by atoms with Crippen molar-refractivity contribution in [3.05, 3.63) is 45.4 Å². The van der Waals surface area contributed by atoms with Gasteiger partial charge in [0.25, 0.3) is 11.5 Å². The molecule has 2 N–H and O–H groups in total. The van der Waals surface area contributed by atoms with Gasteiger partial charge in [-0.15, -0.1) is 5.10 Å². The van der Waals surface area contributed by atoms with Crippen molar-refractivity contribution in [2.75, 3.05) is 7.11 Å². The van der Waals surface area contributed by atoms with Crippen LogP contribution in [0.15, 0.2) is 17.1 Å². The largest absolute Gasteiger partial charge is 0.465 e. The molecule has 0 radical (unpaired) electrons. The SMILES string of the molecule is COC(=O)c1c(C)nc(C)c2c(=O)n(-c3n[nH]c(CO)n3)ccc12. The van der Waals surface area contributed by atoms with Gasteiger partial charge in [0.05, 0.1) is 29.4 Å². The van der Waals surface area contributed by atoms with E-state index < -0.39 is 11.5 Å². The Hall–Kier alpha value is -3.07. The van der Waals surface area contributed by atoms with Gasteiger partial charge in [-0.2, -0.15) is 4.98 Å². The second kappa shape index (κ2) is 5.85. The highest BCUT2D eigenvalue weighted by atomic mass is 16.5. The van der Waals surface area contributed by atoms with E-state index in [4.69, 9.17) is 9.84 Å². The van der Waals surface area contributed by atoms with Crippen molar-refractivity contribution < 1.29 is 14.6 Å². The third kappa shape index (κ3) is 2.35. The number of aryl methyl sites for hydroxylation is 2. The average molecular weight is 329 g/mol. The Kier molecular flexibility index (Phi) is 3.86. The van der Waals surface area contributed by atoms with E-state index in [9.17, 15) is 9.59 Å². The number of H-pyrrole nitrogens is 1. The minimum atomic E-state index is -0.553. The summed E-state index contributed by atoms with van der Waals surface area (Å²) in [5.41, 5.74) is 0.830. The van der Waals surface area contributed by atoms with Gasteiger partial charge >= 0.3 is 5.97 Å². The monoisotopic (exact) mass is 329 g/mol. The van der Waals surface area contributed by atoms with E-state index in [0.29, 0.717) is 22.2 Å². The molecule has 0 fully saturated rings. The molecule has 0 spiro atoms. The minimum Gasteiger partial charge on any atom is -0.465 e. The Bertz CT molecular complexity index is 1010. The quantitative estimate of drug-likeness (QED) is 0.667. The highest BCUT2D eigenvalue weighted by Crippen LogP contribution is 2.22. The first-order valence-electron chi connectivity index (χ1n) is 7.11. The minimum absolute atomic E-state index is 0.102. The van der Waals surface area contributed by atoms with Crippen LogP contribution in [0.1, 0.15) is 27.6 Å². The van der Waals surface area contributed by atoms with E-state index in [-0.39, 0.29) is 23.9 Å². The van der Waals surface area contributed by atoms with Crippen LogP contribution in [0.4, 0.5) is 0 Å². The summed E-state index contributed by atoms with van der Waals surface area (Å²) in [6.45, 7) is 3.06. The normalized spacial score (nSPS) is 11.0. The number of hydrogen-bond donors (Lipinski definition) is 2. The second-order valence-electron chi connectivity index (χ2n) is 5.17. The molecular formula is C15H15N5O4. The lowest BCUT2D eigenvalue weighted by atomic mass is 10.0. The number of aliphatic hydroxyl groups excluding tert-OH is 1. The lowest BCUT2D eigenvalue weighted by Crippen LogP contribution is -2.21. The van der Waals surface area contributed by atoms with Gasteiger partial charge in [-0.05, 0) is 19.9 Å². The number of nitrogens with one attached hydrogen (secondary N) is 1. The van der Waals surface area contributed by atoms with Crippen LogP contribution < -0.4 is 5.56 Å². The number of aromatic nitrogens is 5. The zero-order valence-electron chi connectivity index (χ0n) is 13.3. The molecule has 3 aromatic heterocycles. The molecule has 0 saturated carbocycles. The molecular weight excluding hydrogens is 314 g/mol. The summed E-state index contributed by atoms with van der Waals surface area (Å²) in [5, 5.41) is 16.2. The molecule has 0 unspecified atom stereocenters. The molecule has 0 amide bonds. The predicted octanol–water partition coefficient (Wildman–Crippen LogP) is 0.400. The second-order valence-corrected chi connectivity index (χ2v) is 5.17. The van der Waals surface area contributed by atoms with Crippen molar-refractivity contribution in [2.24, 2.45) is 0 Å². The van der Waals surface area contributed by atoms with Gasteiger partial charge in [-0.25, -0.2) is 4.79 Å². The standard InChI is InChI=1S/C15H15N5O4/c1-7-11-9(12(8(2)16-7)14(23)24-3)4-5-20(13(11)22)15-17-10(6-21)18-19-15/h4-5,21H,6H2,1-3H3,(H,17,18,19). The van der Waals surface area contributed by atoms with Gasteiger partial charge in [0.2, 0.25) is 0 Å². The molecule has 3 rings (SSSR count). The van der Waals surface area contributed by atoms with Crippen LogP contribution in [0, 0.1) is 13.8 Å². The Morgan fingerprint density at radius 3 is 2.71 bits per heavy atom. The summed E-state index contributed by atoms with van der Waals surface area (Å²) in [6, 6.07) is 1.62. The van der Waals surface area contributed by atoms with Crippen LogP contribution in [0.5, 0.6) is 0 Å². The van der Waals surface area contributed by atoms with Crippen LogP contribution in [-0.2, 0) is 11.3 Å². The van der Waals surface area contributed by atoms with Gasteiger partial charge in [0, 0.05) is 11.6 Å². The molecule has 124 valence electrons. The van der Waals surface area contributed by atoms with E-state index >= 15 is 0 Å². The van der Waals surface area contributed by atoms with Crippen molar-refractivity contribution in [3.8, 4) is 5.95 Å². The van der Waals surface area contributed by atoms with Crippen molar-refractivity contribution in [3.63, 3.8) is 0 Å². The molecule has 3 aromatic rings. The zero-order valence-corrected chi connectivity index (χ0v) is 13.3. The van der Waals surface area contributed by atoms with Gasteiger partial charge < -0.3 is 9.84 Å². The maximum Gasteiger partial charge on any atom is 0.340 e. The molecule has 9 nitrogen and oxygen atoms in total. The van der Waals surface area contributed by atoms with Crippen molar-refractivity contribution in [1.82, 2.24) is 24.7 Å². The van der Waals surface area contributed by atoms with Crippen molar-refractivity contribution in [1.29, 1.82) is 0 Å². The van der Waals surface area contributed by atoms with Crippen molar-refractivity contribution >= 4 is 16.7 Å². The summed E-state index contributed by atoms with van der Waals surface area (Å²) < 4.78 is 6.02. The highest BCUT2D eigenvalue weighted by molar-refractivity contribution is 6.05. The molecule has 0 saturated heterocycles. The molecule has 0 aliphatic carbocycles. The topological polar surface area (TPSA) is 123 Å². The Morgan fingerprint density at radius 2 is 2.08 bits per heavy atom. The third-order valence-electron chi connectivity index (χ3n) is 3.70. The van der Waals surface area contributed by atoms with Gasteiger partial charge in [-0.1, -0.05) is 0 Å². The summed E-state index contributed by atoms with van der Waals surface area (Å²) >= 11 is 0. The number of aliphatic hydroxyl groups is 1. The smallest absolute Gasteiger partial charge is 0.340 e. The zero-order chi connectivity index (χ0) is 17.4. The molecule has 24 heavy (non-hydrogen) atoms. The average Bonchev–Trinajstić information content (AvgIpc) is 3.03. The lowest BCUT2D eigenvalue weighted by molar-refractivity contribution is 0.0601. The molecule has 0 bridgehead atoms. The van der Waals surface area contributed by atoms with Gasteiger partial charge in [0.15, 0.2) is 5.82 Å². The van der Waals surface area contributed by atoms with E-state index in [1.165, 1.54) is 17.9 Å². The highest BCUT2D eigenvalue weighted by Gasteiger charge is 2.20. The summed E-state index contributed by atoms with van der Waals surface area (Å²) in [7, 11) is 1.28. The van der Waals surface area contributed by atoms with Crippen molar-refractivity contribution in [2.45, 2.75) is 20.5 Å². The van der Waals surface area contributed by atoms with E-state index in [1.54, 1.807) is 19.9 Å². The fraction of sp³-hybridized carbons (Fsp3) is 0.267. The fourth-order valence-corrected chi connectivity index (χ4v) is 2.63. The number of ether oxygens (including phenoxy) is 1. The van der Waals surface area contributed by atoms with Crippen LogP contribution in [-0.4, -0.2) is 42.9 Å². The van der Waals surface area contributed by atoms with E-state index in [0.717, 1.165) is 0 Å². The molecule has 0 atom stereocenters. The lowest BCUT2D eigenvalue weighted by Gasteiger charge is -2.11. The molecule has 0 aliphatic rings. The number of hydrogen-bond acceptors (Lipinski definition) is 7. The number of fused-ring (bicyclic) bond motifs is 1. The summed E-state index contributed by atoms with van der Waals surface area (Å²) in [6.07, 6.45) is 1.47. The number of methoxy groups -OCH3 is 1. The van der Waals surface area contributed by atoms with E-state index in [1.807, 2.05) is 0 Å². The maximum atomic E-state index is 12.8. The maximum absolute atomic E-state index is 12.8. The molecule has 9 heteroatoms. The first-order valence-corrected chi connectivity index (χ1v) is 7.11. The van der Waals surface area contributed by atoms with E-state index in [2.05, 4.69) is 20.2 Å². The number of carbonyl (C=O) groups excluding carboxylic acids is 1. The van der Waals surface area contributed by atoms with Gasteiger partial charge in [-0.3, -0.25) is 19.4 Å². The number of esters is 1. The van der Waals surface area contributed by atoms with Crippen LogP contribution in [0.25, 0.3) is 16.7 Å². The number of aromatic amines is 1. The first kappa shape index (κ1) is 15.8. The van der Waals surface area contributed by atoms with Gasteiger partial charge in [0.1, 0.15) is 6.61 Å². The predicted molar refractivity (Wildman–Crippen MR) is 84.0 cm³/mol. The molecule has 0 aromatic carbocycles. The number of rotatable bonds is 3. The third-order valence-corrected chi connectivity index (χ3v) is 3.70. The first-order chi connectivity index (χ1) is 11.5. The van der Waals surface area contributed by atoms with Crippen LogP contribution >= 0.6 is 0 Å². The van der Waals surface area contributed by atoms with Crippen LogP contribution in [0.2, 0.25) is 0 Å². The Labute approximate surface area is 135 Å². The van der Waals surface area contributed by atoms with Crippen LogP contribution in [0.3, 0.4) is 0 Å². The Balaban J connectivity index is 2.33.